The first-order chi connectivity index (χ1) is 9.33. The number of hydrogen-bond donors (Lipinski definition) is 1. The van der Waals surface area contributed by atoms with Gasteiger partial charge in [-0.15, -0.1) is 0 Å². The van der Waals surface area contributed by atoms with E-state index in [1.54, 1.807) is 11.8 Å². The molecule has 0 saturated carbocycles. The zero-order valence-corrected chi connectivity index (χ0v) is 12.6. The molecule has 2 heterocycles. The summed E-state index contributed by atoms with van der Waals surface area (Å²) in [6.45, 7) is 8.27. The highest BCUT2D eigenvalue weighted by Gasteiger charge is 2.49. The maximum Gasteiger partial charge on any atom is 0.410 e. The van der Waals surface area contributed by atoms with Gasteiger partial charge in [0.15, 0.2) is 0 Å². The fraction of sp³-hybridized carbons (Fsp3) is 0.857. The molecule has 114 valence electrons. The first-order valence-corrected chi connectivity index (χ1v) is 7.25. The van der Waals surface area contributed by atoms with Crippen molar-refractivity contribution in [3.8, 4) is 0 Å². The molecule has 2 aliphatic rings. The molecule has 0 aromatic heterocycles. The van der Waals surface area contributed by atoms with Crippen molar-refractivity contribution in [2.45, 2.75) is 64.3 Å². The van der Waals surface area contributed by atoms with E-state index < -0.39 is 11.6 Å². The highest BCUT2D eigenvalue weighted by molar-refractivity contribution is 5.79. The van der Waals surface area contributed by atoms with Gasteiger partial charge < -0.3 is 14.8 Å². The van der Waals surface area contributed by atoms with Gasteiger partial charge in [0.1, 0.15) is 11.6 Å². The van der Waals surface area contributed by atoms with Gasteiger partial charge in [0.05, 0.1) is 12.6 Å². The molecule has 0 aromatic carbocycles. The van der Waals surface area contributed by atoms with Crippen molar-refractivity contribution >= 4 is 12.1 Å². The van der Waals surface area contributed by atoms with Crippen LogP contribution < -0.4 is 5.32 Å². The number of rotatable bonds is 2. The molecule has 2 fully saturated rings. The van der Waals surface area contributed by atoms with Gasteiger partial charge >= 0.3 is 12.1 Å². The quantitative estimate of drug-likeness (QED) is 0.774. The molecular formula is C14H24N2O4. The normalized spacial score (nSPS) is 29.2. The molecule has 3 atom stereocenters. The first-order valence-electron chi connectivity index (χ1n) is 7.25. The number of nitrogens with one attached hydrogen (secondary N) is 1. The number of carbonyl (C=O) groups is 2. The number of nitrogens with zero attached hydrogens (tertiary/aromatic N) is 1. The SMILES string of the molecule is CCOC(=O)C1NC[C@H]2CC[C@@H]1N2C(=O)OC(C)(C)C. The first kappa shape index (κ1) is 15.1. The average molecular weight is 284 g/mol. The minimum absolute atomic E-state index is 0.112. The molecule has 2 bridgehead atoms. The molecule has 1 unspecified atom stereocenters. The number of fused-ring (bicyclic) bond motifs is 2. The van der Waals surface area contributed by atoms with Crippen LogP contribution >= 0.6 is 0 Å². The van der Waals surface area contributed by atoms with E-state index >= 15 is 0 Å². The molecule has 20 heavy (non-hydrogen) atoms. The molecule has 6 nitrogen and oxygen atoms in total. The van der Waals surface area contributed by atoms with Crippen LogP contribution in [0.4, 0.5) is 4.79 Å². The van der Waals surface area contributed by atoms with E-state index in [-0.39, 0.29) is 24.1 Å². The second kappa shape index (κ2) is 5.60. The lowest BCUT2D eigenvalue weighted by molar-refractivity contribution is -0.148. The Morgan fingerprint density at radius 3 is 2.60 bits per heavy atom. The largest absolute Gasteiger partial charge is 0.465 e. The van der Waals surface area contributed by atoms with E-state index in [4.69, 9.17) is 9.47 Å². The summed E-state index contributed by atoms with van der Waals surface area (Å²) in [5.74, 6) is -0.286. The Balaban J connectivity index is 2.10. The predicted molar refractivity (Wildman–Crippen MR) is 73.3 cm³/mol. The standard InChI is InChI=1S/C14H24N2O4/c1-5-19-12(17)11-10-7-6-9(8-15-11)16(10)13(18)20-14(2,3)4/h9-11,15H,5-8H2,1-4H3/t9-,10+,11?/m1/s1. The van der Waals surface area contributed by atoms with Crippen LogP contribution in [0.5, 0.6) is 0 Å². The molecule has 1 amide bonds. The highest BCUT2D eigenvalue weighted by Crippen LogP contribution is 2.31. The van der Waals surface area contributed by atoms with Crippen molar-refractivity contribution in [3.63, 3.8) is 0 Å². The van der Waals surface area contributed by atoms with Gasteiger partial charge in [0.2, 0.25) is 0 Å². The minimum atomic E-state index is -0.527. The second-order valence-corrected chi connectivity index (χ2v) is 6.32. The van der Waals surface area contributed by atoms with Gasteiger partial charge in [-0.3, -0.25) is 9.69 Å². The zero-order chi connectivity index (χ0) is 14.9. The maximum atomic E-state index is 12.3. The minimum Gasteiger partial charge on any atom is -0.465 e. The Kier molecular flexibility index (Phi) is 4.22. The van der Waals surface area contributed by atoms with Crippen molar-refractivity contribution < 1.29 is 19.1 Å². The van der Waals surface area contributed by atoms with E-state index in [2.05, 4.69) is 5.32 Å². The van der Waals surface area contributed by atoms with Crippen LogP contribution in [0.15, 0.2) is 0 Å². The van der Waals surface area contributed by atoms with Gasteiger partial charge in [0, 0.05) is 12.6 Å². The third kappa shape index (κ3) is 3.06. The molecule has 0 spiro atoms. The topological polar surface area (TPSA) is 67.9 Å². The summed E-state index contributed by atoms with van der Waals surface area (Å²) in [5, 5.41) is 3.19. The van der Waals surface area contributed by atoms with E-state index in [1.165, 1.54) is 0 Å². The van der Waals surface area contributed by atoms with E-state index in [0.29, 0.717) is 13.2 Å². The maximum absolute atomic E-state index is 12.3. The number of amides is 1. The van der Waals surface area contributed by atoms with Crippen LogP contribution in [0.3, 0.4) is 0 Å². The van der Waals surface area contributed by atoms with Crippen LogP contribution in [0.1, 0.15) is 40.5 Å². The fourth-order valence-electron chi connectivity index (χ4n) is 2.91. The van der Waals surface area contributed by atoms with E-state index in [9.17, 15) is 9.59 Å². The molecule has 0 radical (unpaired) electrons. The van der Waals surface area contributed by atoms with Crippen LogP contribution in [0.2, 0.25) is 0 Å². The van der Waals surface area contributed by atoms with Crippen molar-refractivity contribution in [2.24, 2.45) is 0 Å². The lowest BCUT2D eigenvalue weighted by Crippen LogP contribution is -2.63. The molecule has 2 saturated heterocycles. The summed E-state index contributed by atoms with van der Waals surface area (Å²) in [4.78, 5) is 26.0. The Hall–Kier alpha value is -1.30. The predicted octanol–water partition coefficient (Wildman–Crippen LogP) is 1.29. The van der Waals surface area contributed by atoms with Gasteiger partial charge in [-0.05, 0) is 40.5 Å². The van der Waals surface area contributed by atoms with Crippen LogP contribution in [0, 0.1) is 0 Å². The smallest absolute Gasteiger partial charge is 0.410 e. The number of ether oxygens (including phenoxy) is 2. The van der Waals surface area contributed by atoms with Crippen molar-refractivity contribution in [2.75, 3.05) is 13.2 Å². The monoisotopic (exact) mass is 284 g/mol. The molecular weight excluding hydrogens is 260 g/mol. The number of carbonyl (C=O) groups excluding carboxylic acids is 2. The molecule has 0 aliphatic carbocycles. The summed E-state index contributed by atoms with van der Waals surface area (Å²) >= 11 is 0. The third-order valence-corrected chi connectivity index (χ3v) is 3.65. The third-order valence-electron chi connectivity index (χ3n) is 3.65. The van der Waals surface area contributed by atoms with Gasteiger partial charge in [-0.25, -0.2) is 4.79 Å². The molecule has 6 heteroatoms. The van der Waals surface area contributed by atoms with Crippen LogP contribution in [-0.4, -0.2) is 53.8 Å². The summed E-state index contributed by atoms with van der Waals surface area (Å²) in [6, 6.07) is -0.496. The molecule has 2 aliphatic heterocycles. The second-order valence-electron chi connectivity index (χ2n) is 6.32. The number of piperazine rings is 1. The van der Waals surface area contributed by atoms with E-state index in [1.807, 2.05) is 20.8 Å². The summed E-state index contributed by atoms with van der Waals surface area (Å²) in [6.07, 6.45) is 1.37. The summed E-state index contributed by atoms with van der Waals surface area (Å²) in [7, 11) is 0. The van der Waals surface area contributed by atoms with Gasteiger partial charge in [0.25, 0.3) is 0 Å². The Morgan fingerprint density at radius 2 is 2.00 bits per heavy atom. The van der Waals surface area contributed by atoms with Crippen LogP contribution in [0.25, 0.3) is 0 Å². The molecule has 1 N–H and O–H groups in total. The number of esters is 1. The Labute approximate surface area is 119 Å². The number of hydrogen-bond acceptors (Lipinski definition) is 5. The summed E-state index contributed by atoms with van der Waals surface area (Å²) < 4.78 is 10.5. The van der Waals surface area contributed by atoms with Gasteiger partial charge in [-0.1, -0.05) is 0 Å². The lowest BCUT2D eigenvalue weighted by Gasteiger charge is -2.39. The molecule has 2 rings (SSSR count). The Morgan fingerprint density at radius 1 is 1.30 bits per heavy atom. The van der Waals surface area contributed by atoms with Crippen molar-refractivity contribution in [1.29, 1.82) is 0 Å². The summed E-state index contributed by atoms with van der Waals surface area (Å²) in [5.41, 5.74) is -0.527. The fourth-order valence-corrected chi connectivity index (χ4v) is 2.91. The van der Waals surface area contributed by atoms with Gasteiger partial charge in [-0.2, -0.15) is 0 Å². The van der Waals surface area contributed by atoms with Crippen molar-refractivity contribution in [1.82, 2.24) is 10.2 Å². The zero-order valence-electron chi connectivity index (χ0n) is 12.6. The Bertz CT molecular complexity index is 391. The van der Waals surface area contributed by atoms with Crippen molar-refractivity contribution in [3.05, 3.63) is 0 Å². The molecule has 0 aromatic rings. The van der Waals surface area contributed by atoms with E-state index in [0.717, 1.165) is 12.8 Å². The average Bonchev–Trinajstić information content (AvgIpc) is 2.62. The van der Waals surface area contributed by atoms with Crippen LogP contribution in [-0.2, 0) is 14.3 Å². The lowest BCUT2D eigenvalue weighted by atomic mass is 10.1. The highest BCUT2D eigenvalue weighted by atomic mass is 16.6.